The van der Waals surface area contributed by atoms with Crippen molar-refractivity contribution in [2.24, 2.45) is 0 Å². The smallest absolute Gasteiger partial charge is 0.201 e. The topological polar surface area (TPSA) is 40.5 Å². The van der Waals surface area contributed by atoms with Gasteiger partial charge in [-0.2, -0.15) is 25.3 Å². The van der Waals surface area contributed by atoms with Gasteiger partial charge < -0.3 is 10.2 Å². The lowest BCUT2D eigenvalue weighted by molar-refractivity contribution is 0.0504. The Hall–Kier alpha value is 0.510. The highest BCUT2D eigenvalue weighted by Crippen LogP contribution is 2.45. The van der Waals surface area contributed by atoms with Gasteiger partial charge in [0.25, 0.3) is 0 Å². The van der Waals surface area contributed by atoms with Crippen LogP contribution in [0.3, 0.4) is 0 Å². The maximum Gasteiger partial charge on any atom is 0.201 e. The van der Waals surface area contributed by atoms with Crippen LogP contribution in [0.25, 0.3) is 0 Å². The van der Waals surface area contributed by atoms with Crippen LogP contribution < -0.4 is 0 Å². The zero-order valence-electron chi connectivity index (χ0n) is 13.9. The van der Waals surface area contributed by atoms with Gasteiger partial charge in [-0.15, -0.1) is 0 Å². The Morgan fingerprint density at radius 3 is 1.22 bits per heavy atom. The van der Waals surface area contributed by atoms with Crippen molar-refractivity contribution in [3.8, 4) is 0 Å². The summed E-state index contributed by atoms with van der Waals surface area (Å²) in [6.45, 7) is 0. The highest BCUT2D eigenvalue weighted by molar-refractivity contribution is 7.80. The SMILES string of the molecule is Clc1ccc(C(c2ccc(Cl)cc2)C(Cl)(Cl)Cl)cc1.O[C@H](CS)[C@H](O)CS. The molecule has 27 heavy (non-hydrogen) atoms. The van der Waals surface area contributed by atoms with Crippen LogP contribution >= 0.6 is 83.3 Å². The third-order valence-electron chi connectivity index (χ3n) is 3.55. The van der Waals surface area contributed by atoms with Crippen LogP contribution in [0.5, 0.6) is 0 Å². The van der Waals surface area contributed by atoms with Gasteiger partial charge >= 0.3 is 0 Å². The van der Waals surface area contributed by atoms with Crippen LogP contribution in [0, 0.1) is 0 Å². The van der Waals surface area contributed by atoms with E-state index < -0.39 is 16.0 Å². The molecule has 0 saturated heterocycles. The predicted octanol–water partition coefficient (Wildman–Crippen LogP) is 6.06. The van der Waals surface area contributed by atoms with E-state index in [2.05, 4.69) is 25.3 Å². The van der Waals surface area contributed by atoms with Gasteiger partial charge in [0, 0.05) is 21.6 Å². The Morgan fingerprint density at radius 2 is 1.00 bits per heavy atom. The summed E-state index contributed by atoms with van der Waals surface area (Å²) in [7, 11) is 0. The van der Waals surface area contributed by atoms with E-state index in [4.69, 9.17) is 68.2 Å². The first kappa shape index (κ1) is 25.5. The summed E-state index contributed by atoms with van der Waals surface area (Å²) in [4.78, 5) is 0. The average molecular weight is 509 g/mol. The van der Waals surface area contributed by atoms with Crippen LogP contribution in [0.1, 0.15) is 17.0 Å². The zero-order valence-corrected chi connectivity index (χ0v) is 19.5. The fourth-order valence-electron chi connectivity index (χ4n) is 2.12. The van der Waals surface area contributed by atoms with Crippen molar-refractivity contribution in [1.29, 1.82) is 0 Å². The number of thiol groups is 2. The molecule has 0 aliphatic carbocycles. The minimum Gasteiger partial charge on any atom is -0.390 e. The number of hydrogen-bond donors (Lipinski definition) is 4. The average Bonchev–Trinajstić information content (AvgIpc) is 2.63. The minimum absolute atomic E-state index is 0.279. The van der Waals surface area contributed by atoms with Crippen LogP contribution in [-0.2, 0) is 0 Å². The molecule has 0 spiro atoms. The Bertz CT molecular complexity index is 624. The van der Waals surface area contributed by atoms with Crippen LogP contribution in [-0.4, -0.2) is 37.7 Å². The van der Waals surface area contributed by atoms with Gasteiger partial charge in [-0.3, -0.25) is 0 Å². The van der Waals surface area contributed by atoms with E-state index in [1.807, 2.05) is 24.3 Å². The Balaban J connectivity index is 0.000000387. The number of halogens is 5. The summed E-state index contributed by atoms with van der Waals surface area (Å²) in [6, 6.07) is 14.5. The van der Waals surface area contributed by atoms with Crippen molar-refractivity contribution in [3.05, 3.63) is 69.7 Å². The van der Waals surface area contributed by atoms with Crippen molar-refractivity contribution >= 4 is 83.3 Å². The summed E-state index contributed by atoms with van der Waals surface area (Å²) < 4.78 is -1.46. The number of rotatable bonds is 5. The third-order valence-corrected chi connectivity index (χ3v) is 5.46. The summed E-state index contributed by atoms with van der Waals surface area (Å²) in [6.07, 6.45) is -1.48. The molecule has 0 fully saturated rings. The molecule has 2 rings (SSSR count). The van der Waals surface area contributed by atoms with Gasteiger partial charge in [0.15, 0.2) is 0 Å². The van der Waals surface area contributed by atoms with Gasteiger partial charge in [-0.1, -0.05) is 82.3 Å². The Kier molecular flexibility index (Phi) is 11.6. The molecule has 2 atom stereocenters. The molecule has 2 aromatic carbocycles. The van der Waals surface area contributed by atoms with Crippen LogP contribution in [0.15, 0.2) is 48.5 Å². The van der Waals surface area contributed by atoms with E-state index in [1.165, 1.54) is 0 Å². The number of aliphatic hydroxyl groups excluding tert-OH is 2. The molecule has 0 heterocycles. The molecule has 2 aromatic rings. The molecule has 2 N–H and O–H groups in total. The predicted molar refractivity (Wildman–Crippen MR) is 125 cm³/mol. The van der Waals surface area contributed by atoms with Crippen molar-refractivity contribution in [3.63, 3.8) is 0 Å². The Morgan fingerprint density at radius 1 is 0.704 bits per heavy atom. The Labute approximate surface area is 195 Å². The molecule has 0 bridgehead atoms. The largest absolute Gasteiger partial charge is 0.390 e. The van der Waals surface area contributed by atoms with Gasteiger partial charge in [-0.25, -0.2) is 0 Å². The lowest BCUT2D eigenvalue weighted by Crippen LogP contribution is -2.28. The second-order valence-corrected chi connectivity index (χ2v) is 9.55. The molecule has 9 heteroatoms. The summed E-state index contributed by atoms with van der Waals surface area (Å²) in [5, 5.41) is 18.8. The maximum atomic E-state index is 8.75. The van der Waals surface area contributed by atoms with E-state index in [-0.39, 0.29) is 17.4 Å². The highest BCUT2D eigenvalue weighted by atomic mass is 35.6. The van der Waals surface area contributed by atoms with E-state index in [0.717, 1.165) is 11.1 Å². The van der Waals surface area contributed by atoms with Crippen LogP contribution in [0.4, 0.5) is 0 Å². The lowest BCUT2D eigenvalue weighted by Gasteiger charge is -2.25. The fourth-order valence-corrected chi connectivity index (χ4v) is 3.62. The van der Waals surface area contributed by atoms with Gasteiger partial charge in [-0.05, 0) is 35.4 Å². The zero-order chi connectivity index (χ0) is 20.6. The van der Waals surface area contributed by atoms with Crippen molar-refractivity contribution in [2.75, 3.05) is 11.5 Å². The number of aliphatic hydroxyl groups is 2. The molecule has 0 aliphatic heterocycles. The molecule has 0 aromatic heterocycles. The second kappa shape index (κ2) is 12.3. The van der Waals surface area contributed by atoms with Gasteiger partial charge in [0.05, 0.1) is 18.1 Å². The number of alkyl halides is 3. The first-order chi connectivity index (χ1) is 12.6. The highest BCUT2D eigenvalue weighted by Gasteiger charge is 2.35. The summed E-state index contributed by atoms with van der Waals surface area (Å²) in [5.74, 6) is 0.177. The van der Waals surface area contributed by atoms with Gasteiger partial charge in [0.1, 0.15) is 0 Å². The normalized spacial score (nSPS) is 13.7. The molecular formula is C18H19Cl5O2S2. The fraction of sp³-hybridized carbons (Fsp3) is 0.333. The summed E-state index contributed by atoms with van der Waals surface area (Å²) >= 11 is 37.6. The van der Waals surface area contributed by atoms with Crippen molar-refractivity contribution in [1.82, 2.24) is 0 Å². The molecular weight excluding hydrogens is 490 g/mol. The van der Waals surface area contributed by atoms with E-state index >= 15 is 0 Å². The molecule has 0 unspecified atom stereocenters. The monoisotopic (exact) mass is 506 g/mol. The minimum atomic E-state index is -1.46. The van der Waals surface area contributed by atoms with E-state index in [1.54, 1.807) is 24.3 Å². The van der Waals surface area contributed by atoms with E-state index in [9.17, 15) is 0 Å². The van der Waals surface area contributed by atoms with Gasteiger partial charge in [0.2, 0.25) is 3.79 Å². The molecule has 2 nitrogen and oxygen atoms in total. The number of hydrogen-bond acceptors (Lipinski definition) is 4. The molecule has 0 amide bonds. The molecule has 0 saturated carbocycles. The maximum absolute atomic E-state index is 8.75. The second-order valence-electron chi connectivity index (χ2n) is 5.58. The number of benzene rings is 2. The summed E-state index contributed by atoms with van der Waals surface area (Å²) in [5.41, 5.74) is 1.76. The van der Waals surface area contributed by atoms with Crippen molar-refractivity contribution < 1.29 is 10.2 Å². The lowest BCUT2D eigenvalue weighted by atomic mass is 9.92. The van der Waals surface area contributed by atoms with Crippen LogP contribution in [0.2, 0.25) is 10.0 Å². The first-order valence-electron chi connectivity index (χ1n) is 7.75. The first-order valence-corrected chi connectivity index (χ1v) is 10.9. The molecule has 0 aliphatic rings. The standard InChI is InChI=1S/C14H9Cl5.C4H10O2S2/c15-11-5-1-9(2-6-11)13(14(17,18)19)10-3-7-12(16)8-4-10;5-3(1-7)4(6)2-8/h1-8,13H;3-8H,1-2H2/t;3-,4-/m.1/s1. The van der Waals surface area contributed by atoms with Crippen molar-refractivity contribution in [2.45, 2.75) is 21.9 Å². The van der Waals surface area contributed by atoms with E-state index in [0.29, 0.717) is 10.0 Å². The third kappa shape index (κ3) is 8.81. The molecule has 150 valence electrons. The molecule has 0 radical (unpaired) electrons. The quantitative estimate of drug-likeness (QED) is 0.293.